The Balaban J connectivity index is 1.33. The van der Waals surface area contributed by atoms with Crippen molar-refractivity contribution in [2.24, 2.45) is 0 Å². The first-order valence-electron chi connectivity index (χ1n) is 13.3. The number of carbonyl (C=O) groups is 2. The highest BCUT2D eigenvalue weighted by Crippen LogP contribution is 2.26. The van der Waals surface area contributed by atoms with Gasteiger partial charge in [0.25, 0.3) is 0 Å². The number of halogens is 1. The van der Waals surface area contributed by atoms with Crippen LogP contribution in [-0.2, 0) is 20.7 Å². The van der Waals surface area contributed by atoms with Crippen molar-refractivity contribution in [3.8, 4) is 11.5 Å². The molecule has 0 fully saturated rings. The molecule has 0 aliphatic carbocycles. The number of benzene rings is 3. The van der Waals surface area contributed by atoms with E-state index in [4.69, 9.17) is 18.9 Å². The predicted molar refractivity (Wildman–Crippen MR) is 148 cm³/mol. The standard InChI is InChI=1S/C31H33FN2O6/c1-4-7-22-18-23(29(35)21-8-11-25(32)12-9-21)10-15-28(22)40-17-6-16-39-26-13-14-27-24(19-26)20-33-34(27)30(38-5-2)31(36)37-3/h8-15,18-20,30H,4-7,16-17H2,1-3H3. The highest BCUT2D eigenvalue weighted by atomic mass is 19.1. The molecule has 4 rings (SSSR count). The van der Waals surface area contributed by atoms with Crippen molar-refractivity contribution in [3.05, 3.63) is 89.4 Å². The molecule has 1 atom stereocenters. The van der Waals surface area contributed by atoms with Crippen molar-refractivity contribution < 1.29 is 32.9 Å². The Bertz CT molecular complexity index is 1450. The van der Waals surface area contributed by atoms with Gasteiger partial charge < -0.3 is 18.9 Å². The second kappa shape index (κ2) is 13.7. The molecular formula is C31H33FN2O6. The van der Waals surface area contributed by atoms with Crippen LogP contribution in [0.2, 0.25) is 0 Å². The summed E-state index contributed by atoms with van der Waals surface area (Å²) in [4.78, 5) is 25.0. The summed E-state index contributed by atoms with van der Waals surface area (Å²) in [7, 11) is 1.31. The molecule has 40 heavy (non-hydrogen) atoms. The summed E-state index contributed by atoms with van der Waals surface area (Å²) in [6, 6.07) is 16.5. The van der Waals surface area contributed by atoms with Gasteiger partial charge in [0.15, 0.2) is 5.78 Å². The van der Waals surface area contributed by atoms with Crippen LogP contribution in [0.4, 0.5) is 4.39 Å². The fourth-order valence-electron chi connectivity index (χ4n) is 4.33. The molecular weight excluding hydrogens is 515 g/mol. The fraction of sp³-hybridized carbons (Fsp3) is 0.323. The molecule has 8 nitrogen and oxygen atoms in total. The van der Waals surface area contributed by atoms with Crippen molar-refractivity contribution in [1.29, 1.82) is 0 Å². The molecule has 1 heterocycles. The first-order chi connectivity index (χ1) is 19.4. The van der Waals surface area contributed by atoms with Gasteiger partial charge in [0.2, 0.25) is 6.23 Å². The molecule has 9 heteroatoms. The van der Waals surface area contributed by atoms with E-state index in [1.165, 1.54) is 36.1 Å². The maximum absolute atomic E-state index is 13.2. The quantitative estimate of drug-likeness (QED) is 0.110. The van der Waals surface area contributed by atoms with Gasteiger partial charge in [-0.3, -0.25) is 4.79 Å². The topological polar surface area (TPSA) is 88.9 Å². The van der Waals surface area contributed by atoms with Crippen LogP contribution < -0.4 is 9.47 Å². The average molecular weight is 549 g/mol. The first kappa shape index (κ1) is 28.8. The lowest BCUT2D eigenvalue weighted by Gasteiger charge is -2.16. The van der Waals surface area contributed by atoms with Crippen LogP contribution in [0.1, 0.15) is 54.4 Å². The number of ether oxygens (including phenoxy) is 4. The van der Waals surface area contributed by atoms with Gasteiger partial charge in [0.1, 0.15) is 17.3 Å². The third-order valence-electron chi connectivity index (χ3n) is 6.28. The van der Waals surface area contributed by atoms with E-state index in [-0.39, 0.29) is 11.6 Å². The van der Waals surface area contributed by atoms with E-state index in [1.807, 2.05) is 30.3 Å². The summed E-state index contributed by atoms with van der Waals surface area (Å²) in [5, 5.41) is 5.12. The smallest absolute Gasteiger partial charge is 0.358 e. The Labute approximate surface area is 232 Å². The Hall–Kier alpha value is -4.24. The van der Waals surface area contributed by atoms with Crippen LogP contribution in [0.3, 0.4) is 0 Å². The van der Waals surface area contributed by atoms with Gasteiger partial charge in [-0.15, -0.1) is 0 Å². The SMILES string of the molecule is CCCc1cc(C(=O)c2ccc(F)cc2)ccc1OCCCOc1ccc2c(cnn2C(OCC)C(=O)OC)c1. The number of ketones is 1. The minimum absolute atomic E-state index is 0.154. The average Bonchev–Trinajstić information content (AvgIpc) is 3.39. The maximum Gasteiger partial charge on any atom is 0.358 e. The van der Waals surface area contributed by atoms with Crippen LogP contribution in [-0.4, -0.2) is 48.5 Å². The summed E-state index contributed by atoms with van der Waals surface area (Å²) in [6.07, 6.45) is 3.01. The molecule has 0 spiro atoms. The molecule has 0 bridgehead atoms. The molecule has 0 aliphatic heterocycles. The molecule has 0 radical (unpaired) electrons. The fourth-order valence-corrected chi connectivity index (χ4v) is 4.33. The number of esters is 1. The zero-order valence-corrected chi connectivity index (χ0v) is 22.9. The zero-order valence-electron chi connectivity index (χ0n) is 22.9. The number of hydrogen-bond donors (Lipinski definition) is 0. The molecule has 3 aromatic carbocycles. The summed E-state index contributed by atoms with van der Waals surface area (Å²) < 4.78 is 37.0. The first-order valence-corrected chi connectivity index (χ1v) is 13.3. The van der Waals surface area contributed by atoms with Gasteiger partial charge in [0.05, 0.1) is 32.0 Å². The van der Waals surface area contributed by atoms with Crippen LogP contribution in [0.25, 0.3) is 10.9 Å². The van der Waals surface area contributed by atoms with Crippen molar-refractivity contribution >= 4 is 22.7 Å². The Morgan fingerprint density at radius 3 is 2.42 bits per heavy atom. The Morgan fingerprint density at radius 1 is 0.950 bits per heavy atom. The number of aromatic nitrogens is 2. The number of aryl methyl sites for hydroxylation is 1. The van der Waals surface area contributed by atoms with E-state index in [9.17, 15) is 14.0 Å². The van der Waals surface area contributed by atoms with E-state index < -0.39 is 12.2 Å². The lowest BCUT2D eigenvalue weighted by molar-refractivity contribution is -0.161. The summed E-state index contributed by atoms with van der Waals surface area (Å²) >= 11 is 0. The van der Waals surface area contributed by atoms with Crippen LogP contribution >= 0.6 is 0 Å². The number of fused-ring (bicyclic) bond motifs is 1. The van der Waals surface area contributed by atoms with E-state index in [2.05, 4.69) is 12.0 Å². The maximum atomic E-state index is 13.2. The molecule has 0 saturated carbocycles. The normalized spacial score (nSPS) is 11.8. The largest absolute Gasteiger partial charge is 0.493 e. The zero-order chi connectivity index (χ0) is 28.5. The third kappa shape index (κ3) is 6.84. The number of hydrogen-bond acceptors (Lipinski definition) is 7. The van der Waals surface area contributed by atoms with Crippen LogP contribution in [0.15, 0.2) is 66.9 Å². The molecule has 0 N–H and O–H groups in total. The molecule has 0 saturated heterocycles. The number of nitrogens with zero attached hydrogens (tertiary/aromatic N) is 2. The second-order valence-electron chi connectivity index (χ2n) is 9.10. The van der Waals surface area contributed by atoms with E-state index in [1.54, 1.807) is 19.2 Å². The lowest BCUT2D eigenvalue weighted by Crippen LogP contribution is -2.24. The monoisotopic (exact) mass is 548 g/mol. The molecule has 1 unspecified atom stereocenters. The number of rotatable bonds is 14. The molecule has 1 aromatic heterocycles. The highest BCUT2D eigenvalue weighted by molar-refractivity contribution is 6.09. The minimum Gasteiger partial charge on any atom is -0.493 e. The summed E-state index contributed by atoms with van der Waals surface area (Å²) in [6.45, 7) is 5.08. The van der Waals surface area contributed by atoms with Gasteiger partial charge in [-0.05, 0) is 79.6 Å². The predicted octanol–water partition coefficient (Wildman–Crippen LogP) is 5.91. The van der Waals surface area contributed by atoms with Crippen molar-refractivity contribution in [3.63, 3.8) is 0 Å². The van der Waals surface area contributed by atoms with Gasteiger partial charge in [-0.25, -0.2) is 13.9 Å². The van der Waals surface area contributed by atoms with Crippen LogP contribution in [0.5, 0.6) is 11.5 Å². The van der Waals surface area contributed by atoms with E-state index in [0.29, 0.717) is 43.1 Å². The lowest BCUT2D eigenvalue weighted by atomic mass is 9.99. The van der Waals surface area contributed by atoms with Gasteiger partial charge in [-0.1, -0.05) is 13.3 Å². The van der Waals surface area contributed by atoms with Crippen LogP contribution in [0, 0.1) is 5.82 Å². The molecule has 0 aliphatic rings. The Kier molecular flexibility index (Phi) is 9.86. The highest BCUT2D eigenvalue weighted by Gasteiger charge is 2.24. The third-order valence-corrected chi connectivity index (χ3v) is 6.28. The second-order valence-corrected chi connectivity index (χ2v) is 9.10. The summed E-state index contributed by atoms with van der Waals surface area (Å²) in [5.74, 6) is 0.356. The van der Waals surface area contributed by atoms with E-state index in [0.717, 1.165) is 35.1 Å². The molecule has 0 amide bonds. The van der Waals surface area contributed by atoms with Crippen molar-refractivity contribution in [1.82, 2.24) is 9.78 Å². The number of carbonyl (C=O) groups excluding carboxylic acids is 2. The molecule has 4 aromatic rings. The van der Waals surface area contributed by atoms with Crippen molar-refractivity contribution in [2.45, 2.75) is 39.3 Å². The van der Waals surface area contributed by atoms with E-state index >= 15 is 0 Å². The van der Waals surface area contributed by atoms with Gasteiger partial charge in [0, 0.05) is 29.5 Å². The molecule has 210 valence electrons. The Morgan fingerprint density at radius 2 is 1.70 bits per heavy atom. The number of methoxy groups -OCH3 is 1. The van der Waals surface area contributed by atoms with Gasteiger partial charge >= 0.3 is 5.97 Å². The minimum atomic E-state index is -0.955. The summed E-state index contributed by atoms with van der Waals surface area (Å²) in [5.41, 5.74) is 2.67. The van der Waals surface area contributed by atoms with Gasteiger partial charge in [-0.2, -0.15) is 5.10 Å². The van der Waals surface area contributed by atoms with Crippen molar-refractivity contribution in [2.75, 3.05) is 26.9 Å².